The largest absolute Gasteiger partial charge is 0.320 e. The lowest BCUT2D eigenvalue weighted by Crippen LogP contribution is -2.18. The number of hydrogen-bond acceptors (Lipinski definition) is 4. The summed E-state index contributed by atoms with van der Waals surface area (Å²) in [4.78, 5) is 30.2. The second-order valence-corrected chi connectivity index (χ2v) is 7.84. The van der Waals surface area contributed by atoms with E-state index in [1.165, 1.54) is 11.3 Å². The molecule has 0 radical (unpaired) electrons. The highest BCUT2D eigenvalue weighted by Crippen LogP contribution is 2.35. The van der Waals surface area contributed by atoms with E-state index in [1.54, 1.807) is 36.5 Å². The molecule has 0 atom stereocenters. The zero-order valence-corrected chi connectivity index (χ0v) is 17.0. The second kappa shape index (κ2) is 8.03. The maximum atomic E-state index is 12.9. The Bertz CT molecular complexity index is 1220. The third-order valence-electron chi connectivity index (χ3n) is 4.32. The van der Waals surface area contributed by atoms with Gasteiger partial charge in [-0.25, -0.2) is 4.98 Å². The summed E-state index contributed by atoms with van der Waals surface area (Å²) in [6.07, 6.45) is 1.60. The normalized spacial score (nSPS) is 10.7. The molecular formula is C22H16ClN3O2S. The highest BCUT2D eigenvalue weighted by atomic mass is 35.5. The van der Waals surface area contributed by atoms with Gasteiger partial charge in [-0.1, -0.05) is 47.5 Å². The smallest absolute Gasteiger partial charge is 0.267 e. The van der Waals surface area contributed by atoms with Gasteiger partial charge in [0.05, 0.1) is 16.3 Å². The fraction of sp³-hybridized carbons (Fsp3) is 0.0455. The van der Waals surface area contributed by atoms with Gasteiger partial charge in [-0.3, -0.25) is 9.59 Å². The van der Waals surface area contributed by atoms with E-state index in [9.17, 15) is 9.59 Å². The molecule has 2 heterocycles. The molecule has 0 aliphatic rings. The average molecular weight is 422 g/mol. The van der Waals surface area contributed by atoms with Gasteiger partial charge in [0.25, 0.3) is 11.8 Å². The maximum Gasteiger partial charge on any atom is 0.267 e. The molecule has 0 aliphatic heterocycles. The summed E-state index contributed by atoms with van der Waals surface area (Å²) < 4.78 is 0.930. The van der Waals surface area contributed by atoms with Crippen LogP contribution < -0.4 is 10.6 Å². The number of fused-ring (bicyclic) bond motifs is 1. The van der Waals surface area contributed by atoms with Crippen LogP contribution in [-0.4, -0.2) is 16.8 Å². The predicted octanol–water partition coefficient (Wildman–Crippen LogP) is 5.76. The average Bonchev–Trinajstić information content (AvgIpc) is 3.07. The zero-order chi connectivity index (χ0) is 20.4. The molecule has 4 rings (SSSR count). The number of pyridine rings is 1. The number of amides is 2. The van der Waals surface area contributed by atoms with Crippen LogP contribution in [0.15, 0.2) is 66.9 Å². The molecule has 144 valence electrons. The molecule has 2 aromatic heterocycles. The fourth-order valence-electron chi connectivity index (χ4n) is 2.91. The third-order valence-corrected chi connectivity index (χ3v) is 5.99. The monoisotopic (exact) mass is 421 g/mol. The molecule has 5 nitrogen and oxygen atoms in total. The summed E-state index contributed by atoms with van der Waals surface area (Å²) in [5, 5.41) is 6.82. The van der Waals surface area contributed by atoms with Crippen molar-refractivity contribution in [3.05, 3.63) is 87.9 Å². The summed E-state index contributed by atoms with van der Waals surface area (Å²) in [7, 11) is 0. The Kier molecular flexibility index (Phi) is 5.29. The van der Waals surface area contributed by atoms with Crippen molar-refractivity contribution in [2.45, 2.75) is 6.92 Å². The van der Waals surface area contributed by atoms with Crippen molar-refractivity contribution in [3.63, 3.8) is 0 Å². The Labute approximate surface area is 176 Å². The van der Waals surface area contributed by atoms with Crippen LogP contribution in [0.3, 0.4) is 0 Å². The van der Waals surface area contributed by atoms with Crippen molar-refractivity contribution in [3.8, 4) is 0 Å². The molecule has 0 spiro atoms. The maximum absolute atomic E-state index is 12.9. The van der Waals surface area contributed by atoms with Gasteiger partial charge in [0.15, 0.2) is 0 Å². The van der Waals surface area contributed by atoms with E-state index in [0.717, 1.165) is 15.6 Å². The number of rotatable bonds is 4. The van der Waals surface area contributed by atoms with Crippen molar-refractivity contribution >= 4 is 56.3 Å². The minimum absolute atomic E-state index is 0.348. The van der Waals surface area contributed by atoms with Crippen LogP contribution in [0.2, 0.25) is 5.02 Å². The Morgan fingerprint density at radius 3 is 2.52 bits per heavy atom. The van der Waals surface area contributed by atoms with Crippen LogP contribution >= 0.6 is 22.9 Å². The highest BCUT2D eigenvalue weighted by molar-refractivity contribution is 7.21. The van der Waals surface area contributed by atoms with Gasteiger partial charge in [0.1, 0.15) is 10.7 Å². The highest BCUT2D eigenvalue weighted by Gasteiger charge is 2.20. The number of thiophene rings is 1. The SMILES string of the molecule is Cc1ccc(NC(=O)c2sc3ccccc3c2Cl)c(C(=O)Nc2ccccn2)c1. The first kappa shape index (κ1) is 19.1. The molecule has 0 aliphatic carbocycles. The van der Waals surface area contributed by atoms with E-state index in [1.807, 2.05) is 37.3 Å². The lowest BCUT2D eigenvalue weighted by molar-refractivity contribution is 0.102. The number of aromatic nitrogens is 1. The van der Waals surface area contributed by atoms with Gasteiger partial charge in [0, 0.05) is 16.3 Å². The molecule has 0 fully saturated rings. The number of anilines is 2. The van der Waals surface area contributed by atoms with Crippen LogP contribution in [0.1, 0.15) is 25.6 Å². The quantitative estimate of drug-likeness (QED) is 0.440. The number of nitrogens with zero attached hydrogens (tertiary/aromatic N) is 1. The molecule has 0 bridgehead atoms. The number of carbonyl (C=O) groups excluding carboxylic acids is 2. The summed E-state index contributed by atoms with van der Waals surface area (Å²) in [6, 6.07) is 18.1. The Morgan fingerprint density at radius 2 is 1.76 bits per heavy atom. The molecule has 0 saturated heterocycles. The number of hydrogen-bond donors (Lipinski definition) is 2. The van der Waals surface area contributed by atoms with Gasteiger partial charge in [-0.15, -0.1) is 11.3 Å². The van der Waals surface area contributed by atoms with E-state index in [4.69, 9.17) is 11.6 Å². The molecule has 7 heteroatoms. The summed E-state index contributed by atoms with van der Waals surface area (Å²) in [6.45, 7) is 1.88. The van der Waals surface area contributed by atoms with Crippen molar-refractivity contribution in [1.82, 2.24) is 4.98 Å². The Balaban J connectivity index is 1.64. The fourth-order valence-corrected chi connectivity index (χ4v) is 4.33. The third kappa shape index (κ3) is 3.99. The van der Waals surface area contributed by atoms with Crippen molar-refractivity contribution in [2.75, 3.05) is 10.6 Å². The topological polar surface area (TPSA) is 71.1 Å². The molecular weight excluding hydrogens is 406 g/mol. The molecule has 29 heavy (non-hydrogen) atoms. The van der Waals surface area contributed by atoms with Crippen molar-refractivity contribution in [2.24, 2.45) is 0 Å². The van der Waals surface area contributed by atoms with E-state index in [-0.39, 0.29) is 11.8 Å². The van der Waals surface area contributed by atoms with Crippen LogP contribution in [0.25, 0.3) is 10.1 Å². The summed E-state index contributed by atoms with van der Waals surface area (Å²) in [5.41, 5.74) is 1.65. The number of carbonyl (C=O) groups is 2. The first-order valence-corrected chi connectivity index (χ1v) is 10.0. The van der Waals surface area contributed by atoms with Gasteiger partial charge in [-0.05, 0) is 37.3 Å². The molecule has 2 N–H and O–H groups in total. The lowest BCUT2D eigenvalue weighted by Gasteiger charge is -2.12. The Morgan fingerprint density at radius 1 is 0.966 bits per heavy atom. The molecule has 0 unspecified atom stereocenters. The minimum Gasteiger partial charge on any atom is -0.320 e. The van der Waals surface area contributed by atoms with Gasteiger partial charge in [0.2, 0.25) is 0 Å². The first-order chi connectivity index (χ1) is 14.0. The lowest BCUT2D eigenvalue weighted by atomic mass is 10.1. The second-order valence-electron chi connectivity index (χ2n) is 6.41. The van der Waals surface area contributed by atoms with E-state index in [2.05, 4.69) is 15.6 Å². The number of halogens is 1. The van der Waals surface area contributed by atoms with Gasteiger partial charge in [-0.2, -0.15) is 0 Å². The number of aryl methyl sites for hydroxylation is 1. The van der Waals surface area contributed by atoms with Crippen LogP contribution in [0, 0.1) is 6.92 Å². The molecule has 2 aromatic carbocycles. The Hall–Kier alpha value is -3.22. The zero-order valence-electron chi connectivity index (χ0n) is 15.4. The molecule has 0 saturated carbocycles. The van der Waals surface area contributed by atoms with Crippen molar-refractivity contribution < 1.29 is 9.59 Å². The van der Waals surface area contributed by atoms with Gasteiger partial charge >= 0.3 is 0 Å². The minimum atomic E-state index is -0.356. The van der Waals surface area contributed by atoms with Crippen molar-refractivity contribution in [1.29, 1.82) is 0 Å². The van der Waals surface area contributed by atoms with Crippen LogP contribution in [-0.2, 0) is 0 Å². The molecule has 4 aromatic rings. The predicted molar refractivity (Wildman–Crippen MR) is 118 cm³/mol. The van der Waals surface area contributed by atoms with E-state index < -0.39 is 0 Å². The van der Waals surface area contributed by atoms with E-state index in [0.29, 0.717) is 27.0 Å². The van der Waals surface area contributed by atoms with Crippen LogP contribution in [0.4, 0.5) is 11.5 Å². The standard InChI is InChI=1S/C22H16ClN3O2S/c1-13-9-10-16(15(12-13)21(27)26-18-8-4-5-11-24-18)25-22(28)20-19(23)14-6-2-3-7-17(14)29-20/h2-12H,1H3,(H,25,28)(H,24,26,27). The number of benzene rings is 2. The summed E-state index contributed by atoms with van der Waals surface area (Å²) in [5.74, 6) is -0.277. The number of nitrogens with one attached hydrogen (secondary N) is 2. The summed E-state index contributed by atoms with van der Waals surface area (Å²) >= 11 is 7.73. The first-order valence-electron chi connectivity index (χ1n) is 8.84. The molecule has 2 amide bonds. The van der Waals surface area contributed by atoms with Crippen LogP contribution in [0.5, 0.6) is 0 Å². The van der Waals surface area contributed by atoms with E-state index >= 15 is 0 Å². The van der Waals surface area contributed by atoms with Gasteiger partial charge < -0.3 is 10.6 Å².